The maximum Gasteiger partial charge on any atom is 0.260 e. The number of rotatable bonds is 4. The van der Waals surface area contributed by atoms with Gasteiger partial charge in [0.1, 0.15) is 5.82 Å². The molecule has 0 saturated heterocycles. The molecule has 0 radical (unpaired) electrons. The predicted molar refractivity (Wildman–Crippen MR) is 117 cm³/mol. The van der Waals surface area contributed by atoms with Crippen molar-refractivity contribution < 1.29 is 4.52 Å². The summed E-state index contributed by atoms with van der Waals surface area (Å²) in [6.45, 7) is 12.6. The van der Waals surface area contributed by atoms with Gasteiger partial charge in [0.2, 0.25) is 5.82 Å². The zero-order valence-corrected chi connectivity index (χ0v) is 17.7. The van der Waals surface area contributed by atoms with Crippen LogP contribution in [0.4, 0.5) is 5.82 Å². The number of hydrogen-bond donors (Lipinski definition) is 1. The lowest BCUT2D eigenvalue weighted by Gasteiger charge is -2.32. The summed E-state index contributed by atoms with van der Waals surface area (Å²) in [5.41, 5.74) is 14.3. The molecule has 5 heteroatoms. The Morgan fingerprint density at radius 1 is 1.21 bits per heavy atom. The summed E-state index contributed by atoms with van der Waals surface area (Å²) < 4.78 is 5.66. The van der Waals surface area contributed by atoms with Gasteiger partial charge in [-0.3, -0.25) is 0 Å². The number of anilines is 1. The molecule has 0 spiro atoms. The van der Waals surface area contributed by atoms with Gasteiger partial charge in [-0.25, -0.2) is 4.98 Å². The first kappa shape index (κ1) is 19.4. The lowest BCUT2D eigenvalue weighted by Crippen LogP contribution is -2.24. The van der Waals surface area contributed by atoms with E-state index in [2.05, 4.69) is 56.5 Å². The molecule has 2 aromatic heterocycles. The van der Waals surface area contributed by atoms with Crippen molar-refractivity contribution in [2.45, 2.75) is 53.4 Å². The molecule has 0 amide bonds. The maximum atomic E-state index is 6.19. The SMILES string of the molecule is C=CCc1c(C)cc(-c2noc(-c3cnc(N)c4c3CCC(C)(C)C4)n2)cc1C. The highest BCUT2D eigenvalue weighted by molar-refractivity contribution is 5.67. The van der Waals surface area contributed by atoms with Gasteiger partial charge in [-0.05, 0) is 84.9 Å². The average Bonchev–Trinajstić information content (AvgIpc) is 3.15. The first-order valence-electron chi connectivity index (χ1n) is 10.1. The minimum absolute atomic E-state index is 0.226. The number of nitrogen functional groups attached to an aromatic ring is 1. The van der Waals surface area contributed by atoms with Gasteiger partial charge in [0.05, 0.1) is 5.56 Å². The van der Waals surface area contributed by atoms with Crippen molar-refractivity contribution in [3.63, 3.8) is 0 Å². The average molecular weight is 389 g/mol. The van der Waals surface area contributed by atoms with E-state index < -0.39 is 0 Å². The molecule has 5 nitrogen and oxygen atoms in total. The van der Waals surface area contributed by atoms with Crippen molar-refractivity contribution in [3.05, 3.63) is 58.8 Å². The van der Waals surface area contributed by atoms with E-state index in [9.17, 15) is 0 Å². The Morgan fingerprint density at radius 3 is 2.62 bits per heavy atom. The predicted octanol–water partition coefficient (Wildman–Crippen LogP) is 5.24. The van der Waals surface area contributed by atoms with Gasteiger partial charge >= 0.3 is 0 Å². The number of pyridine rings is 1. The van der Waals surface area contributed by atoms with E-state index in [1.807, 2.05) is 6.08 Å². The third kappa shape index (κ3) is 3.57. The number of aryl methyl sites for hydroxylation is 2. The molecule has 0 saturated carbocycles. The molecule has 0 atom stereocenters. The highest BCUT2D eigenvalue weighted by Crippen LogP contribution is 2.40. The molecule has 1 aliphatic rings. The van der Waals surface area contributed by atoms with Gasteiger partial charge in [0, 0.05) is 11.8 Å². The highest BCUT2D eigenvalue weighted by atomic mass is 16.5. The van der Waals surface area contributed by atoms with Crippen LogP contribution in [0.3, 0.4) is 0 Å². The summed E-state index contributed by atoms with van der Waals surface area (Å²) in [6.07, 6.45) is 7.51. The topological polar surface area (TPSA) is 77.8 Å². The normalized spacial score (nSPS) is 15.2. The third-order valence-corrected chi connectivity index (χ3v) is 6.00. The van der Waals surface area contributed by atoms with Crippen molar-refractivity contribution in [1.82, 2.24) is 15.1 Å². The fourth-order valence-electron chi connectivity index (χ4n) is 4.34. The number of allylic oxidation sites excluding steroid dienone is 1. The van der Waals surface area contributed by atoms with Crippen LogP contribution in [0.1, 0.15) is 48.1 Å². The fraction of sp³-hybridized carbons (Fsp3) is 0.375. The molecule has 0 bridgehead atoms. The highest BCUT2D eigenvalue weighted by Gasteiger charge is 2.30. The zero-order valence-electron chi connectivity index (χ0n) is 17.7. The number of aromatic nitrogens is 3. The standard InChI is InChI=1S/C24H28N4O/c1-6-7-17-14(2)10-16(11-15(17)3)22-27-23(29-28-22)20-13-26-21(25)19-12-24(4,5)9-8-18(19)20/h6,10-11,13H,1,7-9,12H2,2-5H3,(H2,25,26). The molecule has 1 aliphatic carbocycles. The smallest absolute Gasteiger partial charge is 0.260 e. The Labute approximate surface area is 172 Å². The van der Waals surface area contributed by atoms with Crippen LogP contribution in [-0.4, -0.2) is 15.1 Å². The molecule has 29 heavy (non-hydrogen) atoms. The minimum Gasteiger partial charge on any atom is -0.383 e. The Morgan fingerprint density at radius 2 is 1.93 bits per heavy atom. The van der Waals surface area contributed by atoms with Crippen LogP contribution in [0.2, 0.25) is 0 Å². The molecule has 0 fully saturated rings. The summed E-state index contributed by atoms with van der Waals surface area (Å²) in [4.78, 5) is 9.12. The van der Waals surface area contributed by atoms with Crippen LogP contribution in [0.15, 0.2) is 35.5 Å². The maximum absolute atomic E-state index is 6.19. The molecule has 150 valence electrons. The number of hydrogen-bond acceptors (Lipinski definition) is 5. The Kier molecular flexibility index (Phi) is 4.77. The molecular formula is C24H28N4O. The molecule has 2 heterocycles. The van der Waals surface area contributed by atoms with Gasteiger partial charge in [-0.1, -0.05) is 25.1 Å². The quantitative estimate of drug-likeness (QED) is 0.618. The van der Waals surface area contributed by atoms with E-state index in [0.29, 0.717) is 17.5 Å². The summed E-state index contributed by atoms with van der Waals surface area (Å²) in [6, 6.07) is 4.22. The summed E-state index contributed by atoms with van der Waals surface area (Å²) >= 11 is 0. The number of nitrogens with two attached hydrogens (primary N) is 1. The van der Waals surface area contributed by atoms with Gasteiger partial charge < -0.3 is 10.3 Å². The van der Waals surface area contributed by atoms with Crippen LogP contribution < -0.4 is 5.73 Å². The van der Waals surface area contributed by atoms with Crippen LogP contribution in [-0.2, 0) is 19.3 Å². The summed E-state index contributed by atoms with van der Waals surface area (Å²) in [7, 11) is 0. The van der Waals surface area contributed by atoms with E-state index in [4.69, 9.17) is 15.2 Å². The van der Waals surface area contributed by atoms with E-state index >= 15 is 0 Å². The molecule has 3 aromatic rings. The van der Waals surface area contributed by atoms with E-state index in [1.165, 1.54) is 22.3 Å². The van der Waals surface area contributed by atoms with Gasteiger partial charge in [0.15, 0.2) is 0 Å². The largest absolute Gasteiger partial charge is 0.383 e. The first-order valence-corrected chi connectivity index (χ1v) is 10.1. The Hall–Kier alpha value is -2.95. The van der Waals surface area contributed by atoms with Crippen molar-refractivity contribution in [3.8, 4) is 22.8 Å². The second kappa shape index (κ2) is 7.14. The molecule has 2 N–H and O–H groups in total. The van der Waals surface area contributed by atoms with Crippen molar-refractivity contribution >= 4 is 5.82 Å². The van der Waals surface area contributed by atoms with E-state index in [0.717, 1.165) is 42.4 Å². The third-order valence-electron chi connectivity index (χ3n) is 6.00. The Bertz CT molecular complexity index is 1070. The van der Waals surface area contributed by atoms with Crippen molar-refractivity contribution in [2.24, 2.45) is 5.41 Å². The first-order chi connectivity index (χ1) is 13.8. The van der Waals surface area contributed by atoms with Crippen molar-refractivity contribution in [1.29, 1.82) is 0 Å². The summed E-state index contributed by atoms with van der Waals surface area (Å²) in [5.74, 6) is 1.72. The second-order valence-corrected chi connectivity index (χ2v) is 8.86. The lowest BCUT2D eigenvalue weighted by molar-refractivity contribution is 0.315. The molecule has 1 aromatic carbocycles. The second-order valence-electron chi connectivity index (χ2n) is 8.86. The Balaban J connectivity index is 1.74. The zero-order chi connectivity index (χ0) is 20.8. The van der Waals surface area contributed by atoms with Crippen molar-refractivity contribution in [2.75, 3.05) is 5.73 Å². The van der Waals surface area contributed by atoms with Crippen LogP contribution >= 0.6 is 0 Å². The number of fused-ring (bicyclic) bond motifs is 1. The molecule has 4 rings (SSSR count). The lowest BCUT2D eigenvalue weighted by atomic mass is 9.73. The van der Waals surface area contributed by atoms with Crippen LogP contribution in [0.25, 0.3) is 22.8 Å². The van der Waals surface area contributed by atoms with Gasteiger partial charge in [-0.2, -0.15) is 4.98 Å². The number of benzene rings is 1. The molecule has 0 unspecified atom stereocenters. The van der Waals surface area contributed by atoms with E-state index in [-0.39, 0.29) is 5.41 Å². The van der Waals surface area contributed by atoms with Crippen LogP contribution in [0.5, 0.6) is 0 Å². The monoisotopic (exact) mass is 388 g/mol. The van der Waals surface area contributed by atoms with Gasteiger partial charge in [-0.15, -0.1) is 6.58 Å². The van der Waals surface area contributed by atoms with Crippen LogP contribution in [0, 0.1) is 19.3 Å². The summed E-state index contributed by atoms with van der Waals surface area (Å²) in [5, 5.41) is 4.26. The molecule has 0 aliphatic heterocycles. The fourth-order valence-corrected chi connectivity index (χ4v) is 4.34. The minimum atomic E-state index is 0.226. The molecular weight excluding hydrogens is 360 g/mol. The van der Waals surface area contributed by atoms with E-state index in [1.54, 1.807) is 6.20 Å². The number of nitrogens with zero attached hydrogens (tertiary/aromatic N) is 3. The van der Waals surface area contributed by atoms with Gasteiger partial charge in [0.25, 0.3) is 5.89 Å².